The molecule has 1 amide bonds. The van der Waals surface area contributed by atoms with Gasteiger partial charge in [0.05, 0.1) is 5.41 Å². The Morgan fingerprint density at radius 1 is 1.25 bits per heavy atom. The van der Waals surface area contributed by atoms with Crippen LogP contribution in [0.4, 0.5) is 0 Å². The Bertz CT molecular complexity index is 504. The highest BCUT2D eigenvalue weighted by molar-refractivity contribution is 5.85. The number of nitrogens with one attached hydrogen (secondary N) is 1. The second-order valence-corrected chi connectivity index (χ2v) is 5.67. The van der Waals surface area contributed by atoms with E-state index in [2.05, 4.69) is 5.32 Å². The molecule has 1 saturated carbocycles. The highest BCUT2D eigenvalue weighted by Crippen LogP contribution is 2.41. The molecule has 0 aromatic heterocycles. The van der Waals surface area contributed by atoms with Crippen molar-refractivity contribution in [1.82, 2.24) is 5.32 Å². The quantitative estimate of drug-likeness (QED) is 0.868. The van der Waals surface area contributed by atoms with E-state index >= 15 is 0 Å². The monoisotopic (exact) mass is 275 g/mol. The predicted molar refractivity (Wildman–Crippen MR) is 76.2 cm³/mol. The van der Waals surface area contributed by atoms with Gasteiger partial charge in [0, 0.05) is 13.0 Å². The molecular formula is C16H21NO3. The second-order valence-electron chi connectivity index (χ2n) is 5.67. The fourth-order valence-electron chi connectivity index (χ4n) is 2.89. The molecule has 2 rings (SSSR count). The third-order valence-corrected chi connectivity index (χ3v) is 4.25. The van der Waals surface area contributed by atoms with Crippen LogP contribution in [0.5, 0.6) is 0 Å². The van der Waals surface area contributed by atoms with Crippen molar-refractivity contribution >= 4 is 11.9 Å². The summed E-state index contributed by atoms with van der Waals surface area (Å²) in [4.78, 5) is 23.4. The Morgan fingerprint density at radius 2 is 1.90 bits per heavy atom. The van der Waals surface area contributed by atoms with Gasteiger partial charge in [0.2, 0.25) is 5.91 Å². The summed E-state index contributed by atoms with van der Waals surface area (Å²) in [6.07, 6.45) is 3.11. The molecule has 1 aliphatic carbocycles. The number of benzene rings is 1. The lowest BCUT2D eigenvalue weighted by Crippen LogP contribution is -2.35. The normalized spacial score (nSPS) is 16.9. The van der Waals surface area contributed by atoms with E-state index < -0.39 is 11.4 Å². The smallest absolute Gasteiger partial charge is 0.310 e. The number of aryl methyl sites for hydroxylation is 1. The van der Waals surface area contributed by atoms with E-state index in [4.69, 9.17) is 0 Å². The molecule has 1 aromatic carbocycles. The zero-order valence-corrected chi connectivity index (χ0v) is 11.8. The van der Waals surface area contributed by atoms with Crippen molar-refractivity contribution < 1.29 is 14.7 Å². The Labute approximate surface area is 119 Å². The molecule has 0 atom stereocenters. The van der Waals surface area contributed by atoms with Gasteiger partial charge in [-0.05, 0) is 30.9 Å². The van der Waals surface area contributed by atoms with Crippen LogP contribution in [0.3, 0.4) is 0 Å². The van der Waals surface area contributed by atoms with Gasteiger partial charge in [0.15, 0.2) is 0 Å². The van der Waals surface area contributed by atoms with Gasteiger partial charge < -0.3 is 10.4 Å². The molecule has 0 saturated heterocycles. The molecule has 1 aromatic rings. The van der Waals surface area contributed by atoms with Crippen LogP contribution in [-0.4, -0.2) is 17.0 Å². The minimum absolute atomic E-state index is 0.0915. The maximum absolute atomic E-state index is 12.0. The van der Waals surface area contributed by atoms with E-state index in [1.54, 1.807) is 0 Å². The van der Waals surface area contributed by atoms with E-state index in [1.165, 1.54) is 0 Å². The Kier molecular flexibility index (Phi) is 4.42. The van der Waals surface area contributed by atoms with Crippen LogP contribution in [0, 0.1) is 12.3 Å². The molecule has 108 valence electrons. The van der Waals surface area contributed by atoms with Crippen LogP contribution < -0.4 is 5.32 Å². The van der Waals surface area contributed by atoms with Gasteiger partial charge in [-0.15, -0.1) is 0 Å². The zero-order valence-electron chi connectivity index (χ0n) is 11.8. The predicted octanol–water partition coefficient (Wildman–Crippen LogP) is 2.65. The van der Waals surface area contributed by atoms with Crippen molar-refractivity contribution in [2.45, 2.75) is 45.6 Å². The SMILES string of the molecule is Cc1ccccc1CNC(=O)CC1(C(=O)O)CCCC1. The number of carbonyl (C=O) groups is 2. The summed E-state index contributed by atoms with van der Waals surface area (Å²) in [7, 11) is 0. The molecule has 20 heavy (non-hydrogen) atoms. The Hall–Kier alpha value is -1.84. The number of carbonyl (C=O) groups excluding carboxylic acids is 1. The molecule has 1 aliphatic rings. The van der Waals surface area contributed by atoms with Gasteiger partial charge in [-0.25, -0.2) is 0 Å². The van der Waals surface area contributed by atoms with Gasteiger partial charge in [-0.1, -0.05) is 37.1 Å². The maximum Gasteiger partial charge on any atom is 0.310 e. The summed E-state index contributed by atoms with van der Waals surface area (Å²) < 4.78 is 0. The average molecular weight is 275 g/mol. The van der Waals surface area contributed by atoms with Crippen LogP contribution in [0.15, 0.2) is 24.3 Å². The fraction of sp³-hybridized carbons (Fsp3) is 0.500. The van der Waals surface area contributed by atoms with E-state index in [1.807, 2.05) is 31.2 Å². The van der Waals surface area contributed by atoms with Gasteiger partial charge in [0.25, 0.3) is 0 Å². The number of amides is 1. The first-order valence-electron chi connectivity index (χ1n) is 7.08. The molecular weight excluding hydrogens is 254 g/mol. The van der Waals surface area contributed by atoms with Crippen LogP contribution >= 0.6 is 0 Å². The van der Waals surface area contributed by atoms with Gasteiger partial charge in [-0.2, -0.15) is 0 Å². The lowest BCUT2D eigenvalue weighted by atomic mass is 9.82. The van der Waals surface area contributed by atoms with Crippen LogP contribution in [0.1, 0.15) is 43.2 Å². The lowest BCUT2D eigenvalue weighted by molar-refractivity contribution is -0.151. The Balaban J connectivity index is 1.92. The van der Waals surface area contributed by atoms with Gasteiger partial charge >= 0.3 is 5.97 Å². The van der Waals surface area contributed by atoms with Crippen molar-refractivity contribution in [3.05, 3.63) is 35.4 Å². The topological polar surface area (TPSA) is 66.4 Å². The molecule has 2 N–H and O–H groups in total. The van der Waals surface area contributed by atoms with E-state index in [0.29, 0.717) is 19.4 Å². The van der Waals surface area contributed by atoms with Gasteiger partial charge in [-0.3, -0.25) is 9.59 Å². The van der Waals surface area contributed by atoms with Crippen molar-refractivity contribution in [3.8, 4) is 0 Å². The highest BCUT2D eigenvalue weighted by Gasteiger charge is 2.42. The number of hydrogen-bond acceptors (Lipinski definition) is 2. The molecule has 0 aliphatic heterocycles. The average Bonchev–Trinajstić information content (AvgIpc) is 2.88. The molecule has 0 heterocycles. The molecule has 0 spiro atoms. The number of rotatable bonds is 5. The van der Waals surface area contributed by atoms with E-state index in [9.17, 15) is 14.7 Å². The van der Waals surface area contributed by atoms with E-state index in [0.717, 1.165) is 24.0 Å². The Morgan fingerprint density at radius 3 is 2.50 bits per heavy atom. The zero-order chi connectivity index (χ0) is 14.6. The van der Waals surface area contributed by atoms with Gasteiger partial charge in [0.1, 0.15) is 0 Å². The third-order valence-electron chi connectivity index (χ3n) is 4.25. The molecule has 1 fully saturated rings. The summed E-state index contributed by atoms with van der Waals surface area (Å²) in [5, 5.41) is 12.2. The van der Waals surface area contributed by atoms with E-state index in [-0.39, 0.29) is 12.3 Å². The molecule has 0 bridgehead atoms. The fourth-order valence-corrected chi connectivity index (χ4v) is 2.89. The van der Waals surface area contributed by atoms with Crippen LogP contribution in [0.2, 0.25) is 0 Å². The largest absolute Gasteiger partial charge is 0.481 e. The lowest BCUT2D eigenvalue weighted by Gasteiger charge is -2.22. The third kappa shape index (κ3) is 3.18. The number of hydrogen-bond donors (Lipinski definition) is 2. The molecule has 0 unspecified atom stereocenters. The summed E-state index contributed by atoms with van der Waals surface area (Å²) in [5.41, 5.74) is 1.36. The number of aliphatic carboxylic acids is 1. The first kappa shape index (κ1) is 14.6. The summed E-state index contributed by atoms with van der Waals surface area (Å²) in [5.74, 6) is -1.00. The second kappa shape index (κ2) is 6.07. The van der Waals surface area contributed by atoms with Crippen molar-refractivity contribution in [1.29, 1.82) is 0 Å². The number of carboxylic acid groups (broad SMARTS) is 1. The maximum atomic E-state index is 12.0. The number of carboxylic acids is 1. The van der Waals surface area contributed by atoms with Crippen molar-refractivity contribution in [2.75, 3.05) is 0 Å². The highest BCUT2D eigenvalue weighted by atomic mass is 16.4. The first-order valence-corrected chi connectivity index (χ1v) is 7.08. The standard InChI is InChI=1S/C16H21NO3/c1-12-6-2-3-7-13(12)11-17-14(18)10-16(15(19)20)8-4-5-9-16/h2-3,6-7H,4-5,8-11H2,1H3,(H,17,18)(H,19,20). The molecule has 4 nitrogen and oxygen atoms in total. The van der Waals surface area contributed by atoms with Crippen molar-refractivity contribution in [3.63, 3.8) is 0 Å². The van der Waals surface area contributed by atoms with Crippen LogP contribution in [-0.2, 0) is 16.1 Å². The summed E-state index contributed by atoms with van der Waals surface area (Å²) in [6, 6.07) is 7.86. The molecule has 4 heteroatoms. The van der Waals surface area contributed by atoms with Crippen LogP contribution in [0.25, 0.3) is 0 Å². The van der Waals surface area contributed by atoms with Crippen molar-refractivity contribution in [2.24, 2.45) is 5.41 Å². The summed E-state index contributed by atoms with van der Waals surface area (Å²) >= 11 is 0. The minimum atomic E-state index is -0.837. The summed E-state index contributed by atoms with van der Waals surface area (Å²) in [6.45, 7) is 2.46. The molecule has 0 radical (unpaired) electrons. The first-order chi connectivity index (χ1) is 9.53. The minimum Gasteiger partial charge on any atom is -0.481 e.